The van der Waals surface area contributed by atoms with Gasteiger partial charge in [0.25, 0.3) is 0 Å². The van der Waals surface area contributed by atoms with Gasteiger partial charge in [-0.1, -0.05) is 194 Å². The summed E-state index contributed by atoms with van der Waals surface area (Å²) in [6.45, 7) is 0. The van der Waals surface area contributed by atoms with Crippen molar-refractivity contribution in [3.8, 4) is 89.8 Å². The molecule has 3 heteroatoms. The second kappa shape index (κ2) is 13.8. The molecule has 12 rings (SSSR count). The second-order valence-electron chi connectivity index (χ2n) is 15.5. The summed E-state index contributed by atoms with van der Waals surface area (Å²) in [6.07, 6.45) is 0. The van der Waals surface area contributed by atoms with Crippen molar-refractivity contribution in [2.45, 2.75) is 0 Å². The topological polar surface area (TPSA) is 38.7 Å². The van der Waals surface area contributed by atoms with Gasteiger partial charge >= 0.3 is 0 Å². The number of hydrogen-bond donors (Lipinski definition) is 0. The minimum absolute atomic E-state index is 0.638. The molecule has 0 bridgehead atoms. The Labute approximate surface area is 348 Å². The van der Waals surface area contributed by atoms with Crippen molar-refractivity contribution in [3.63, 3.8) is 0 Å². The van der Waals surface area contributed by atoms with Crippen LogP contribution in [0.5, 0.6) is 0 Å². The van der Waals surface area contributed by atoms with E-state index in [1.807, 2.05) is 60.7 Å². The maximum Gasteiger partial charge on any atom is 0.164 e. The van der Waals surface area contributed by atoms with Crippen LogP contribution in [0.25, 0.3) is 122 Å². The van der Waals surface area contributed by atoms with Crippen LogP contribution in [0.3, 0.4) is 0 Å². The van der Waals surface area contributed by atoms with Crippen molar-refractivity contribution >= 4 is 32.3 Å². The lowest BCUT2D eigenvalue weighted by atomic mass is 9.87. The molecule has 60 heavy (non-hydrogen) atoms. The van der Waals surface area contributed by atoms with Crippen LogP contribution < -0.4 is 0 Å². The zero-order chi connectivity index (χ0) is 39.6. The molecule has 0 N–H and O–H groups in total. The Bertz CT molecular complexity index is 3390. The SMILES string of the molecule is c1ccc(-c2nc(-c3ccccc3)nc(-c3cccc(-c4cc(-c5ccc(-c6ccc7c8c(cccc68)-c6ccccc6-7)c6ccccc56)cc5ccccc45)c3)n2)cc1. The van der Waals surface area contributed by atoms with Gasteiger partial charge in [-0.15, -0.1) is 0 Å². The van der Waals surface area contributed by atoms with E-state index < -0.39 is 0 Å². The summed E-state index contributed by atoms with van der Waals surface area (Å²) >= 11 is 0. The van der Waals surface area contributed by atoms with Crippen molar-refractivity contribution < 1.29 is 0 Å². The fourth-order valence-corrected chi connectivity index (χ4v) is 9.30. The summed E-state index contributed by atoms with van der Waals surface area (Å²) in [5.41, 5.74) is 15.2. The van der Waals surface area contributed by atoms with Crippen LogP contribution in [0.2, 0.25) is 0 Å². The molecule has 0 aliphatic heterocycles. The number of benzene rings is 10. The second-order valence-corrected chi connectivity index (χ2v) is 15.5. The quantitative estimate of drug-likeness (QED) is 0.169. The first kappa shape index (κ1) is 34.1. The molecule has 278 valence electrons. The number of nitrogens with zero attached hydrogens (tertiary/aromatic N) is 3. The van der Waals surface area contributed by atoms with Gasteiger partial charge < -0.3 is 0 Å². The normalized spacial score (nSPS) is 11.7. The highest BCUT2D eigenvalue weighted by atomic mass is 15.0. The summed E-state index contributed by atoms with van der Waals surface area (Å²) in [5.74, 6) is 1.93. The van der Waals surface area contributed by atoms with E-state index >= 15 is 0 Å². The average molecular weight is 762 g/mol. The summed E-state index contributed by atoms with van der Waals surface area (Å²) in [6, 6.07) is 76.0. The largest absolute Gasteiger partial charge is 0.208 e. The fourth-order valence-electron chi connectivity index (χ4n) is 9.30. The molecule has 0 saturated heterocycles. The molecule has 0 saturated carbocycles. The third-order valence-electron chi connectivity index (χ3n) is 12.1. The van der Waals surface area contributed by atoms with E-state index in [1.54, 1.807) is 0 Å². The Morgan fingerprint density at radius 2 is 0.667 bits per heavy atom. The highest BCUT2D eigenvalue weighted by Gasteiger charge is 2.23. The molecule has 0 amide bonds. The molecule has 3 nitrogen and oxygen atoms in total. The van der Waals surface area contributed by atoms with Crippen LogP contribution in [-0.4, -0.2) is 15.0 Å². The van der Waals surface area contributed by atoms with E-state index in [1.165, 1.54) is 76.8 Å². The van der Waals surface area contributed by atoms with Crippen molar-refractivity contribution in [1.29, 1.82) is 0 Å². The van der Waals surface area contributed by atoms with Crippen LogP contribution in [0.1, 0.15) is 0 Å². The number of rotatable bonds is 6. The molecule has 0 spiro atoms. The summed E-state index contributed by atoms with van der Waals surface area (Å²) in [7, 11) is 0. The van der Waals surface area contributed by atoms with E-state index in [4.69, 9.17) is 15.0 Å². The van der Waals surface area contributed by atoms with Crippen molar-refractivity contribution in [1.82, 2.24) is 15.0 Å². The molecule has 0 fully saturated rings. The predicted octanol–water partition coefficient (Wildman–Crippen LogP) is 15.0. The molecule has 0 atom stereocenters. The van der Waals surface area contributed by atoms with Gasteiger partial charge in [-0.2, -0.15) is 0 Å². The molecule has 0 unspecified atom stereocenters. The first-order chi connectivity index (χ1) is 29.7. The van der Waals surface area contributed by atoms with Crippen molar-refractivity contribution in [2.75, 3.05) is 0 Å². The summed E-state index contributed by atoms with van der Waals surface area (Å²) in [5, 5.41) is 7.48. The Balaban J connectivity index is 1.00. The highest BCUT2D eigenvalue weighted by molar-refractivity contribution is 6.20. The minimum Gasteiger partial charge on any atom is -0.208 e. The molecule has 1 heterocycles. The Kier molecular flexibility index (Phi) is 7.85. The Morgan fingerprint density at radius 3 is 1.37 bits per heavy atom. The number of fused-ring (bicyclic) bond motifs is 5. The molecular formula is C57H35N3. The zero-order valence-corrected chi connectivity index (χ0v) is 32.5. The molecule has 0 radical (unpaired) electrons. The summed E-state index contributed by atoms with van der Waals surface area (Å²) in [4.78, 5) is 15.0. The zero-order valence-electron chi connectivity index (χ0n) is 32.5. The van der Waals surface area contributed by atoms with Crippen LogP contribution in [-0.2, 0) is 0 Å². The van der Waals surface area contributed by atoms with Gasteiger partial charge in [-0.25, -0.2) is 15.0 Å². The van der Waals surface area contributed by atoms with E-state index in [2.05, 4.69) is 152 Å². The van der Waals surface area contributed by atoms with Gasteiger partial charge in [0.15, 0.2) is 17.5 Å². The molecule has 1 aliphatic rings. The van der Waals surface area contributed by atoms with E-state index in [0.717, 1.165) is 27.8 Å². The minimum atomic E-state index is 0.638. The first-order valence-corrected chi connectivity index (χ1v) is 20.4. The van der Waals surface area contributed by atoms with E-state index in [9.17, 15) is 0 Å². The van der Waals surface area contributed by atoms with Crippen LogP contribution >= 0.6 is 0 Å². The molecule has 1 aromatic heterocycles. The monoisotopic (exact) mass is 761 g/mol. The maximum atomic E-state index is 5.05. The third-order valence-corrected chi connectivity index (χ3v) is 12.1. The molecule has 10 aromatic carbocycles. The van der Waals surface area contributed by atoms with Crippen molar-refractivity contribution in [2.24, 2.45) is 0 Å². The van der Waals surface area contributed by atoms with Gasteiger partial charge in [0, 0.05) is 16.7 Å². The molecular weight excluding hydrogens is 727 g/mol. The van der Waals surface area contributed by atoms with Crippen LogP contribution in [0.4, 0.5) is 0 Å². The lowest BCUT2D eigenvalue weighted by Gasteiger charge is -2.17. The third kappa shape index (κ3) is 5.55. The van der Waals surface area contributed by atoms with Gasteiger partial charge in [0.05, 0.1) is 0 Å². The lowest BCUT2D eigenvalue weighted by Crippen LogP contribution is -2.00. The van der Waals surface area contributed by atoms with Crippen molar-refractivity contribution in [3.05, 3.63) is 212 Å². The van der Waals surface area contributed by atoms with Gasteiger partial charge in [0.1, 0.15) is 0 Å². The Morgan fingerprint density at radius 1 is 0.217 bits per heavy atom. The number of aromatic nitrogens is 3. The average Bonchev–Trinajstić information content (AvgIpc) is 3.66. The smallest absolute Gasteiger partial charge is 0.164 e. The summed E-state index contributed by atoms with van der Waals surface area (Å²) < 4.78 is 0. The highest BCUT2D eigenvalue weighted by Crippen LogP contribution is 2.50. The number of hydrogen-bond acceptors (Lipinski definition) is 3. The van der Waals surface area contributed by atoms with Crippen LogP contribution in [0.15, 0.2) is 212 Å². The molecule has 1 aliphatic carbocycles. The first-order valence-electron chi connectivity index (χ1n) is 20.4. The molecule has 11 aromatic rings. The van der Waals surface area contributed by atoms with E-state index in [0.29, 0.717) is 17.5 Å². The maximum absolute atomic E-state index is 5.05. The van der Waals surface area contributed by atoms with Gasteiger partial charge in [-0.05, 0) is 106 Å². The standard InChI is InChI=1S/C57H35N3/c1-3-15-36(16-4-1)55-58-56(37-17-5-2-6-18-37)60-57(59-55)40-21-13-20-39(33-40)53-35-41(34-38-19-7-8-22-42(38)53)43-29-30-48(45-24-10-9-23-44(43)45)49-31-32-52-47-26-12-11-25-46(47)50-27-14-28-51(49)54(50)52/h1-35H. The predicted molar refractivity (Wildman–Crippen MR) is 249 cm³/mol. The van der Waals surface area contributed by atoms with Gasteiger partial charge in [-0.3, -0.25) is 0 Å². The fraction of sp³-hybridized carbons (Fsp3) is 0. The lowest BCUT2D eigenvalue weighted by molar-refractivity contribution is 1.07. The van der Waals surface area contributed by atoms with E-state index in [-0.39, 0.29) is 0 Å². The van der Waals surface area contributed by atoms with Crippen LogP contribution in [0, 0.1) is 0 Å². The Hall–Kier alpha value is -8.01. The van der Waals surface area contributed by atoms with Gasteiger partial charge in [0.2, 0.25) is 0 Å².